The van der Waals surface area contributed by atoms with E-state index in [1.165, 1.54) is 38.5 Å². The zero-order valence-corrected chi connectivity index (χ0v) is 16.9. The molecule has 0 aromatic heterocycles. The van der Waals surface area contributed by atoms with Gasteiger partial charge in [0.15, 0.2) is 0 Å². The van der Waals surface area contributed by atoms with E-state index < -0.39 is 0 Å². The van der Waals surface area contributed by atoms with Gasteiger partial charge >= 0.3 is 0 Å². The van der Waals surface area contributed by atoms with E-state index in [-0.39, 0.29) is 23.4 Å². The molecule has 4 aliphatic rings. The van der Waals surface area contributed by atoms with Crippen molar-refractivity contribution in [2.24, 2.45) is 10.8 Å². The van der Waals surface area contributed by atoms with Gasteiger partial charge in [-0.15, -0.1) is 0 Å². The average Bonchev–Trinajstić information content (AvgIpc) is 3.39. The van der Waals surface area contributed by atoms with Crippen molar-refractivity contribution in [2.45, 2.75) is 115 Å². The molecule has 0 aromatic rings. The normalized spacial score (nSPS) is 46.1. The maximum atomic E-state index is 6.90. The molecule has 0 amide bonds. The first-order chi connectivity index (χ1) is 11.7. The van der Waals surface area contributed by atoms with Crippen LogP contribution in [0.3, 0.4) is 0 Å². The number of hydrogen-bond acceptors (Lipinski definition) is 3. The Bertz CT molecular complexity index is 444. The summed E-state index contributed by atoms with van der Waals surface area (Å²) in [5, 5.41) is 0. The molecule has 3 nitrogen and oxygen atoms in total. The van der Waals surface area contributed by atoms with Crippen molar-refractivity contribution in [3.05, 3.63) is 0 Å². The SMILES string of the molecule is CC1(C)CCCCC(OC2CCCCC(C)(C)CC23CO3)C2(CO2)C1. The van der Waals surface area contributed by atoms with E-state index in [2.05, 4.69) is 27.7 Å². The van der Waals surface area contributed by atoms with Crippen LogP contribution in [0.2, 0.25) is 0 Å². The Morgan fingerprint density at radius 2 is 1.08 bits per heavy atom. The van der Waals surface area contributed by atoms with Crippen LogP contribution in [0.1, 0.15) is 91.9 Å². The molecule has 2 aliphatic heterocycles. The molecule has 25 heavy (non-hydrogen) atoms. The van der Waals surface area contributed by atoms with Gasteiger partial charge in [0.05, 0.1) is 25.4 Å². The summed E-state index contributed by atoms with van der Waals surface area (Å²) in [5.74, 6) is 0. The van der Waals surface area contributed by atoms with E-state index in [0.29, 0.717) is 10.8 Å². The molecule has 144 valence electrons. The first-order valence-corrected chi connectivity index (χ1v) is 10.7. The fourth-order valence-electron chi connectivity index (χ4n) is 5.76. The van der Waals surface area contributed by atoms with E-state index >= 15 is 0 Å². The molecule has 2 heterocycles. The summed E-state index contributed by atoms with van der Waals surface area (Å²) in [7, 11) is 0. The minimum absolute atomic E-state index is 0.00210. The Kier molecular flexibility index (Phi) is 4.53. The van der Waals surface area contributed by atoms with Crippen LogP contribution in [-0.2, 0) is 14.2 Å². The molecule has 2 spiro atoms. The van der Waals surface area contributed by atoms with E-state index in [4.69, 9.17) is 14.2 Å². The Morgan fingerprint density at radius 3 is 1.44 bits per heavy atom. The highest BCUT2D eigenvalue weighted by Crippen LogP contribution is 2.52. The lowest BCUT2D eigenvalue weighted by molar-refractivity contribution is -0.111. The second-order valence-corrected chi connectivity index (χ2v) is 11.0. The lowest BCUT2D eigenvalue weighted by Crippen LogP contribution is -2.46. The van der Waals surface area contributed by atoms with Gasteiger partial charge in [0.2, 0.25) is 0 Å². The molecule has 4 fully saturated rings. The van der Waals surface area contributed by atoms with Crippen molar-refractivity contribution in [3.8, 4) is 0 Å². The van der Waals surface area contributed by atoms with Gasteiger partial charge in [0.1, 0.15) is 11.2 Å². The smallest absolute Gasteiger partial charge is 0.118 e. The number of hydrogen-bond donors (Lipinski definition) is 0. The largest absolute Gasteiger partial charge is 0.369 e. The predicted octanol–water partition coefficient (Wildman–Crippen LogP) is 5.26. The van der Waals surface area contributed by atoms with Crippen LogP contribution >= 0.6 is 0 Å². The average molecular weight is 351 g/mol. The molecule has 0 N–H and O–H groups in total. The Balaban J connectivity index is 1.49. The van der Waals surface area contributed by atoms with Crippen LogP contribution in [0.5, 0.6) is 0 Å². The van der Waals surface area contributed by atoms with E-state index in [1.54, 1.807) is 0 Å². The van der Waals surface area contributed by atoms with Crippen molar-refractivity contribution in [1.82, 2.24) is 0 Å². The van der Waals surface area contributed by atoms with Gasteiger partial charge in [-0.2, -0.15) is 0 Å². The highest BCUT2D eigenvalue weighted by atomic mass is 16.7. The topological polar surface area (TPSA) is 34.3 Å². The van der Waals surface area contributed by atoms with Gasteiger partial charge in [-0.05, 0) is 49.4 Å². The van der Waals surface area contributed by atoms with Gasteiger partial charge in [-0.3, -0.25) is 0 Å². The second kappa shape index (κ2) is 6.21. The zero-order chi connectivity index (χ0) is 17.8. The Morgan fingerprint density at radius 1 is 0.680 bits per heavy atom. The van der Waals surface area contributed by atoms with Crippen LogP contribution in [0, 0.1) is 10.8 Å². The highest BCUT2D eigenvalue weighted by Gasteiger charge is 2.60. The molecule has 4 rings (SSSR count). The summed E-state index contributed by atoms with van der Waals surface area (Å²) >= 11 is 0. The van der Waals surface area contributed by atoms with E-state index in [9.17, 15) is 0 Å². The zero-order valence-electron chi connectivity index (χ0n) is 16.9. The molecule has 4 unspecified atom stereocenters. The van der Waals surface area contributed by atoms with Gasteiger partial charge in [0.25, 0.3) is 0 Å². The fourth-order valence-corrected chi connectivity index (χ4v) is 5.76. The number of ether oxygens (including phenoxy) is 3. The summed E-state index contributed by atoms with van der Waals surface area (Å²) in [4.78, 5) is 0. The van der Waals surface area contributed by atoms with Crippen LogP contribution in [-0.4, -0.2) is 36.6 Å². The Hall–Kier alpha value is -0.120. The van der Waals surface area contributed by atoms with Crippen molar-refractivity contribution in [2.75, 3.05) is 13.2 Å². The quantitative estimate of drug-likeness (QED) is 0.637. The summed E-state index contributed by atoms with van der Waals surface area (Å²) in [6.45, 7) is 11.4. The maximum absolute atomic E-state index is 6.90. The van der Waals surface area contributed by atoms with E-state index in [1.807, 2.05) is 0 Å². The molecule has 0 bridgehead atoms. The lowest BCUT2D eigenvalue weighted by Gasteiger charge is -2.40. The van der Waals surface area contributed by atoms with Crippen LogP contribution < -0.4 is 0 Å². The van der Waals surface area contributed by atoms with Gasteiger partial charge in [-0.1, -0.05) is 53.4 Å². The Labute approximate surface area is 154 Å². The lowest BCUT2D eigenvalue weighted by atomic mass is 9.73. The van der Waals surface area contributed by atoms with Crippen molar-refractivity contribution >= 4 is 0 Å². The first kappa shape index (κ1) is 18.3. The van der Waals surface area contributed by atoms with Crippen LogP contribution in [0.4, 0.5) is 0 Å². The number of rotatable bonds is 2. The fraction of sp³-hybridized carbons (Fsp3) is 1.00. The molecule has 3 heteroatoms. The molecule has 0 aromatic carbocycles. The third kappa shape index (κ3) is 3.94. The summed E-state index contributed by atoms with van der Waals surface area (Å²) in [6, 6.07) is 0. The molecular weight excluding hydrogens is 312 g/mol. The van der Waals surface area contributed by atoms with Crippen molar-refractivity contribution in [1.29, 1.82) is 0 Å². The van der Waals surface area contributed by atoms with E-state index in [0.717, 1.165) is 38.9 Å². The molecule has 2 saturated heterocycles. The third-order valence-electron chi connectivity index (χ3n) is 7.23. The van der Waals surface area contributed by atoms with Gasteiger partial charge < -0.3 is 14.2 Å². The number of epoxide rings is 2. The first-order valence-electron chi connectivity index (χ1n) is 10.7. The molecule has 4 atom stereocenters. The van der Waals surface area contributed by atoms with Crippen molar-refractivity contribution < 1.29 is 14.2 Å². The highest BCUT2D eigenvalue weighted by molar-refractivity contribution is 5.08. The molecule has 2 aliphatic carbocycles. The monoisotopic (exact) mass is 350 g/mol. The maximum Gasteiger partial charge on any atom is 0.118 e. The summed E-state index contributed by atoms with van der Waals surface area (Å²) in [5.41, 5.74) is 0.736. The van der Waals surface area contributed by atoms with Gasteiger partial charge in [-0.25, -0.2) is 0 Å². The molecular formula is C22H38O3. The second-order valence-electron chi connectivity index (χ2n) is 11.0. The minimum Gasteiger partial charge on any atom is -0.369 e. The third-order valence-corrected chi connectivity index (χ3v) is 7.23. The van der Waals surface area contributed by atoms with Gasteiger partial charge in [0, 0.05) is 0 Å². The predicted molar refractivity (Wildman–Crippen MR) is 99.8 cm³/mol. The van der Waals surface area contributed by atoms with Crippen molar-refractivity contribution in [3.63, 3.8) is 0 Å². The van der Waals surface area contributed by atoms with Crippen LogP contribution in [0.15, 0.2) is 0 Å². The standard InChI is InChI=1S/C22H38O3/c1-19(2)11-7-5-9-17(21(13-19)15-23-21)25-18-10-6-8-12-20(3,4)14-22(18)16-24-22/h17-18H,5-16H2,1-4H3. The molecule has 2 saturated carbocycles. The van der Waals surface area contributed by atoms with Crippen LogP contribution in [0.25, 0.3) is 0 Å². The molecule has 0 radical (unpaired) electrons. The summed E-state index contributed by atoms with van der Waals surface area (Å²) < 4.78 is 19.1. The summed E-state index contributed by atoms with van der Waals surface area (Å²) in [6.07, 6.45) is 13.0. The minimum atomic E-state index is -0.00210.